The van der Waals surface area contributed by atoms with E-state index in [9.17, 15) is 0 Å². The van der Waals surface area contributed by atoms with Crippen LogP contribution in [-0.4, -0.2) is 0 Å². The van der Waals surface area contributed by atoms with E-state index in [0.29, 0.717) is 0 Å². The lowest BCUT2D eigenvalue weighted by molar-refractivity contribution is 0.701. The van der Waals surface area contributed by atoms with E-state index in [4.69, 9.17) is 17.3 Å². The van der Waals surface area contributed by atoms with Gasteiger partial charge in [-0.15, -0.1) is 11.3 Å². The molecule has 0 saturated carbocycles. The second kappa shape index (κ2) is 5.87. The van der Waals surface area contributed by atoms with Gasteiger partial charge in [-0.3, -0.25) is 0 Å². The first-order chi connectivity index (χ1) is 8.13. The van der Waals surface area contributed by atoms with Crippen LogP contribution >= 0.6 is 38.9 Å². The molecule has 5 heteroatoms. The highest BCUT2D eigenvalue weighted by molar-refractivity contribution is 9.10. The average molecular weight is 332 g/mol. The third-order valence-electron chi connectivity index (χ3n) is 2.24. The summed E-state index contributed by atoms with van der Waals surface area (Å²) >= 11 is 10.9. The fourth-order valence-corrected chi connectivity index (χ4v) is 3.17. The van der Waals surface area contributed by atoms with Crippen LogP contribution in [0.25, 0.3) is 0 Å². The molecule has 90 valence electrons. The Morgan fingerprint density at radius 3 is 2.71 bits per heavy atom. The van der Waals surface area contributed by atoms with Gasteiger partial charge in [0.2, 0.25) is 0 Å². The van der Waals surface area contributed by atoms with Crippen LogP contribution in [0.1, 0.15) is 10.4 Å². The Morgan fingerprint density at radius 2 is 2.06 bits per heavy atom. The van der Waals surface area contributed by atoms with E-state index in [1.807, 2.05) is 24.3 Å². The maximum atomic E-state index is 5.87. The molecule has 2 aromatic rings. The van der Waals surface area contributed by atoms with E-state index in [1.165, 1.54) is 10.4 Å². The molecule has 1 aromatic heterocycles. The fraction of sp³-hybridized carbons (Fsp3) is 0.167. The highest BCUT2D eigenvalue weighted by Gasteiger charge is 1.99. The van der Waals surface area contributed by atoms with Crippen LogP contribution in [0.5, 0.6) is 0 Å². The minimum absolute atomic E-state index is 0.773. The van der Waals surface area contributed by atoms with Gasteiger partial charge in [0, 0.05) is 28.1 Å². The molecule has 0 aliphatic rings. The van der Waals surface area contributed by atoms with Crippen molar-refractivity contribution >= 4 is 44.6 Å². The molecule has 0 radical (unpaired) electrons. The number of hydrogen-bond donors (Lipinski definition) is 2. The lowest BCUT2D eigenvalue weighted by atomic mass is 10.2. The third-order valence-corrected chi connectivity index (χ3v) is 3.93. The Balaban J connectivity index is 1.89. The Hall–Kier alpha value is -0.550. The van der Waals surface area contributed by atoms with Gasteiger partial charge < -0.3 is 11.1 Å². The van der Waals surface area contributed by atoms with E-state index < -0.39 is 0 Å². The largest absolute Gasteiger partial charge is 0.399 e. The van der Waals surface area contributed by atoms with Crippen LogP contribution in [-0.2, 0) is 13.1 Å². The normalized spacial score (nSPS) is 10.7. The predicted molar refractivity (Wildman–Crippen MR) is 78.4 cm³/mol. The first kappa shape index (κ1) is 12.9. The predicted octanol–water partition coefficient (Wildman–Crippen LogP) is 4.04. The molecule has 0 amide bonds. The van der Waals surface area contributed by atoms with Crippen molar-refractivity contribution in [3.8, 4) is 0 Å². The molecular formula is C12H12BrClN2S. The molecule has 1 aromatic carbocycles. The van der Waals surface area contributed by atoms with Crippen molar-refractivity contribution < 1.29 is 0 Å². The van der Waals surface area contributed by atoms with Crippen molar-refractivity contribution in [2.24, 2.45) is 0 Å². The second-order valence-electron chi connectivity index (χ2n) is 3.70. The monoisotopic (exact) mass is 330 g/mol. The molecule has 0 aliphatic carbocycles. The van der Waals surface area contributed by atoms with Crippen LogP contribution < -0.4 is 11.1 Å². The smallest absolute Gasteiger partial charge is 0.0931 e. The van der Waals surface area contributed by atoms with Crippen molar-refractivity contribution in [1.82, 2.24) is 5.32 Å². The van der Waals surface area contributed by atoms with Crippen LogP contribution in [0.15, 0.2) is 34.8 Å². The molecular weight excluding hydrogens is 320 g/mol. The van der Waals surface area contributed by atoms with Gasteiger partial charge in [0.1, 0.15) is 0 Å². The molecule has 0 saturated heterocycles. The number of benzene rings is 1. The molecule has 0 bridgehead atoms. The summed E-state index contributed by atoms with van der Waals surface area (Å²) in [6, 6.07) is 9.88. The number of nitrogen functional groups attached to an aromatic ring is 1. The number of halogens is 2. The van der Waals surface area contributed by atoms with E-state index in [-0.39, 0.29) is 0 Å². The summed E-state index contributed by atoms with van der Waals surface area (Å²) in [5.74, 6) is 0. The lowest BCUT2D eigenvalue weighted by Gasteiger charge is -2.05. The lowest BCUT2D eigenvalue weighted by Crippen LogP contribution is -2.11. The fourth-order valence-electron chi connectivity index (χ4n) is 1.55. The SMILES string of the molecule is Nc1cc(Br)cc(CNCc2ccc(Cl)s2)c1. The van der Waals surface area contributed by atoms with Crippen molar-refractivity contribution in [2.45, 2.75) is 13.1 Å². The Morgan fingerprint density at radius 1 is 1.24 bits per heavy atom. The summed E-state index contributed by atoms with van der Waals surface area (Å²) in [6.07, 6.45) is 0. The molecule has 1 heterocycles. The maximum absolute atomic E-state index is 5.87. The highest BCUT2D eigenvalue weighted by Crippen LogP contribution is 2.21. The Bertz CT molecular complexity index is 493. The average Bonchev–Trinajstić information content (AvgIpc) is 2.63. The first-order valence-corrected chi connectivity index (χ1v) is 7.12. The van der Waals surface area contributed by atoms with Gasteiger partial charge in [-0.05, 0) is 35.9 Å². The van der Waals surface area contributed by atoms with Gasteiger partial charge >= 0.3 is 0 Å². The molecule has 3 N–H and O–H groups in total. The van der Waals surface area contributed by atoms with Gasteiger partial charge in [-0.2, -0.15) is 0 Å². The maximum Gasteiger partial charge on any atom is 0.0931 e. The molecule has 0 fully saturated rings. The van der Waals surface area contributed by atoms with E-state index in [0.717, 1.165) is 27.6 Å². The molecule has 0 spiro atoms. The number of rotatable bonds is 4. The zero-order valence-electron chi connectivity index (χ0n) is 9.04. The third kappa shape index (κ3) is 4.00. The minimum atomic E-state index is 0.773. The van der Waals surface area contributed by atoms with Crippen molar-refractivity contribution in [3.63, 3.8) is 0 Å². The second-order valence-corrected chi connectivity index (χ2v) is 6.42. The number of nitrogens with two attached hydrogens (primary N) is 1. The van der Waals surface area contributed by atoms with E-state index in [1.54, 1.807) is 11.3 Å². The van der Waals surface area contributed by atoms with Gasteiger partial charge in [0.05, 0.1) is 4.34 Å². The van der Waals surface area contributed by atoms with E-state index in [2.05, 4.69) is 27.3 Å². The van der Waals surface area contributed by atoms with Crippen LogP contribution in [0, 0.1) is 0 Å². The molecule has 0 unspecified atom stereocenters. The summed E-state index contributed by atoms with van der Waals surface area (Å²) in [5, 5.41) is 3.36. The molecule has 17 heavy (non-hydrogen) atoms. The molecule has 2 nitrogen and oxygen atoms in total. The molecule has 0 atom stereocenters. The van der Waals surface area contributed by atoms with Crippen LogP contribution in [0.3, 0.4) is 0 Å². The Kier molecular flexibility index (Phi) is 4.45. The Labute approximate surface area is 118 Å². The van der Waals surface area contributed by atoms with Crippen molar-refractivity contribution in [1.29, 1.82) is 0 Å². The van der Waals surface area contributed by atoms with Crippen LogP contribution in [0.2, 0.25) is 4.34 Å². The van der Waals surface area contributed by atoms with Crippen molar-refractivity contribution in [3.05, 3.63) is 49.6 Å². The topological polar surface area (TPSA) is 38.0 Å². The molecule has 0 aliphatic heterocycles. The standard InChI is InChI=1S/C12H12BrClN2S/c13-9-3-8(4-10(15)5-9)6-16-7-11-1-2-12(14)17-11/h1-5,16H,6-7,15H2. The summed E-state index contributed by atoms with van der Waals surface area (Å²) in [5.41, 5.74) is 7.71. The highest BCUT2D eigenvalue weighted by atomic mass is 79.9. The summed E-state index contributed by atoms with van der Waals surface area (Å²) < 4.78 is 1.84. The van der Waals surface area contributed by atoms with Gasteiger partial charge in [0.25, 0.3) is 0 Å². The minimum Gasteiger partial charge on any atom is -0.399 e. The zero-order chi connectivity index (χ0) is 12.3. The van der Waals surface area contributed by atoms with Gasteiger partial charge in [-0.25, -0.2) is 0 Å². The number of nitrogens with one attached hydrogen (secondary N) is 1. The number of thiophene rings is 1. The van der Waals surface area contributed by atoms with Gasteiger partial charge in [-0.1, -0.05) is 27.5 Å². The van der Waals surface area contributed by atoms with Crippen molar-refractivity contribution in [2.75, 3.05) is 5.73 Å². The first-order valence-electron chi connectivity index (χ1n) is 5.13. The molecule has 2 rings (SSSR count). The summed E-state index contributed by atoms with van der Waals surface area (Å²) in [4.78, 5) is 1.23. The van der Waals surface area contributed by atoms with Crippen LogP contribution in [0.4, 0.5) is 5.69 Å². The zero-order valence-corrected chi connectivity index (χ0v) is 12.2. The van der Waals surface area contributed by atoms with Gasteiger partial charge in [0.15, 0.2) is 0 Å². The number of hydrogen-bond acceptors (Lipinski definition) is 3. The number of anilines is 1. The summed E-state index contributed by atoms with van der Waals surface area (Å²) in [7, 11) is 0. The quantitative estimate of drug-likeness (QED) is 0.830. The summed E-state index contributed by atoms with van der Waals surface area (Å²) in [6.45, 7) is 1.61. The van der Waals surface area contributed by atoms with E-state index >= 15 is 0 Å².